The number of hydrogen-bond acceptors (Lipinski definition) is 6. The molecule has 0 aliphatic carbocycles. The van der Waals surface area contributed by atoms with Crippen LogP contribution in [0.25, 0.3) is 0 Å². The van der Waals surface area contributed by atoms with Gasteiger partial charge in [-0.3, -0.25) is 9.36 Å². The van der Waals surface area contributed by atoms with Crippen molar-refractivity contribution in [3.63, 3.8) is 0 Å². The van der Waals surface area contributed by atoms with E-state index in [1.165, 1.54) is 103 Å². The molecule has 0 aromatic heterocycles. The van der Waals surface area contributed by atoms with E-state index in [0.29, 0.717) is 23.9 Å². The number of allylic oxidation sites excluding steroid dienone is 24. The van der Waals surface area contributed by atoms with E-state index in [9.17, 15) is 19.4 Å². The number of hydrogen-bond donors (Lipinski definition) is 2. The summed E-state index contributed by atoms with van der Waals surface area (Å²) < 4.78 is 23.5. The van der Waals surface area contributed by atoms with Crippen molar-refractivity contribution in [3.8, 4) is 0 Å². The fraction of sp³-hybridized carbons (Fsp3) is 0.658. The molecule has 0 radical (unpaired) electrons. The van der Waals surface area contributed by atoms with Gasteiger partial charge in [0, 0.05) is 6.42 Å². The first kappa shape index (κ1) is 78.4. The number of aliphatic hydroxyl groups is 1. The summed E-state index contributed by atoms with van der Waals surface area (Å²) in [6.07, 6.45) is 94.7. The molecule has 82 heavy (non-hydrogen) atoms. The molecular weight excluding hydrogens is 1030 g/mol. The molecule has 0 aromatic rings. The van der Waals surface area contributed by atoms with Gasteiger partial charge >= 0.3 is 0 Å². The summed E-state index contributed by atoms with van der Waals surface area (Å²) in [6, 6.07) is -0.826. The highest BCUT2D eigenvalue weighted by Gasteiger charge is 2.24. The smallest absolute Gasteiger partial charge is 0.268 e. The number of aliphatic hydroxyl groups excluding tert-OH is 1. The number of quaternary nitrogens is 1. The lowest BCUT2D eigenvalue weighted by Crippen LogP contribution is -2.46. The number of nitrogens with zero attached hydrogens (tertiary/aromatic N) is 1. The zero-order valence-corrected chi connectivity index (χ0v) is 54.3. The molecule has 1 amide bonds. The Labute approximate surface area is 506 Å². The van der Waals surface area contributed by atoms with Gasteiger partial charge in [-0.1, -0.05) is 295 Å². The predicted octanol–water partition coefficient (Wildman–Crippen LogP) is 20.6. The summed E-state index contributed by atoms with van der Waals surface area (Å²) in [5.74, 6) is -0.193. The van der Waals surface area contributed by atoms with E-state index in [4.69, 9.17) is 9.05 Å². The monoisotopic (exact) mass is 1160 g/mol. The average molecular weight is 1160 g/mol. The van der Waals surface area contributed by atoms with Crippen LogP contribution in [0, 0.1) is 0 Å². The zero-order chi connectivity index (χ0) is 59.8. The minimum absolute atomic E-state index is 0.000199. The zero-order valence-electron chi connectivity index (χ0n) is 53.4. The number of likely N-dealkylation sites (N-methyl/N-ethyl adjacent to an activating group) is 1. The molecule has 9 heteroatoms. The van der Waals surface area contributed by atoms with E-state index in [2.05, 4.69) is 165 Å². The van der Waals surface area contributed by atoms with Crippen molar-refractivity contribution < 1.29 is 32.9 Å². The number of nitrogens with one attached hydrogen (secondary N) is 1. The van der Waals surface area contributed by atoms with Crippen molar-refractivity contribution in [1.29, 1.82) is 0 Å². The fourth-order valence-corrected chi connectivity index (χ4v) is 9.69. The number of unbranched alkanes of at least 4 members (excludes halogenated alkanes) is 22. The molecule has 3 atom stereocenters. The first-order chi connectivity index (χ1) is 40.0. The Kier molecular flexibility index (Phi) is 59.2. The number of carbonyl (C=O) groups excluding carboxylic acids is 1. The van der Waals surface area contributed by atoms with Crippen LogP contribution in [0.1, 0.15) is 258 Å². The summed E-state index contributed by atoms with van der Waals surface area (Å²) in [7, 11) is 1.27. The Balaban J connectivity index is 4.18. The van der Waals surface area contributed by atoms with Gasteiger partial charge in [-0.2, -0.15) is 0 Å². The summed E-state index contributed by atoms with van der Waals surface area (Å²) in [5.41, 5.74) is 0. The molecule has 0 rings (SSSR count). The van der Waals surface area contributed by atoms with E-state index >= 15 is 0 Å². The van der Waals surface area contributed by atoms with Crippen LogP contribution in [0.4, 0.5) is 0 Å². The topological polar surface area (TPSA) is 108 Å². The second-order valence-electron chi connectivity index (χ2n) is 23.1. The van der Waals surface area contributed by atoms with Gasteiger partial charge in [0.2, 0.25) is 5.91 Å². The lowest BCUT2D eigenvalue weighted by Gasteiger charge is -2.30. The maximum atomic E-state index is 13.0. The first-order valence-electron chi connectivity index (χ1n) is 33.2. The van der Waals surface area contributed by atoms with Crippen molar-refractivity contribution in [2.24, 2.45) is 0 Å². The first-order valence-corrected chi connectivity index (χ1v) is 34.6. The lowest BCUT2D eigenvalue weighted by atomic mass is 10.0. The summed E-state index contributed by atoms with van der Waals surface area (Å²) in [5, 5.41) is 14.0. The molecule has 0 aliphatic rings. The number of amides is 1. The Morgan fingerprint density at radius 1 is 0.439 bits per heavy atom. The van der Waals surface area contributed by atoms with Crippen LogP contribution in [0.2, 0.25) is 0 Å². The predicted molar refractivity (Wildman–Crippen MR) is 357 cm³/mol. The summed E-state index contributed by atoms with van der Waals surface area (Å²) >= 11 is 0. The van der Waals surface area contributed by atoms with E-state index in [1.54, 1.807) is 0 Å². The number of carbonyl (C=O) groups is 1. The van der Waals surface area contributed by atoms with Crippen molar-refractivity contribution in [3.05, 3.63) is 146 Å². The van der Waals surface area contributed by atoms with Crippen LogP contribution < -0.4 is 10.2 Å². The molecule has 0 spiro atoms. The summed E-state index contributed by atoms with van der Waals surface area (Å²) in [6.45, 7) is 4.59. The maximum absolute atomic E-state index is 13.0. The van der Waals surface area contributed by atoms with Crippen LogP contribution >= 0.6 is 7.82 Å². The van der Waals surface area contributed by atoms with Crippen molar-refractivity contribution in [2.45, 2.75) is 270 Å². The Morgan fingerprint density at radius 3 is 1.09 bits per heavy atom. The van der Waals surface area contributed by atoms with Crippen LogP contribution in [0.15, 0.2) is 146 Å². The Bertz CT molecular complexity index is 1840. The molecule has 0 saturated carbocycles. The Hall–Kier alpha value is -3.62. The van der Waals surface area contributed by atoms with Crippen molar-refractivity contribution in [2.75, 3.05) is 40.9 Å². The highest BCUT2D eigenvalue weighted by molar-refractivity contribution is 7.45. The van der Waals surface area contributed by atoms with E-state index < -0.39 is 20.0 Å². The molecule has 2 N–H and O–H groups in total. The second kappa shape index (κ2) is 61.9. The van der Waals surface area contributed by atoms with Crippen LogP contribution in [0.5, 0.6) is 0 Å². The number of phosphoric ester groups is 1. The highest BCUT2D eigenvalue weighted by atomic mass is 31.2. The molecular formula is C73H125N2O6P. The minimum Gasteiger partial charge on any atom is -0.756 e. The van der Waals surface area contributed by atoms with Crippen molar-refractivity contribution >= 4 is 13.7 Å². The van der Waals surface area contributed by atoms with Crippen LogP contribution in [-0.2, 0) is 18.4 Å². The SMILES string of the molecule is CC/C=C\C/C=C\C/C=C\C/C=C\C/C=C\C/C=C\C/C=C\C/C=C\C/C=C\C/C=C\C/C=C\C/C=C\CCCCCCC(=O)NC(COP(=O)([O-])OCC[N+](C)(C)C)C(O)CCCCCCCCCCCCCCCCCCCCC. The van der Waals surface area contributed by atoms with Gasteiger partial charge in [-0.05, 0) is 103 Å². The quantitative estimate of drug-likeness (QED) is 0.0272. The summed E-state index contributed by atoms with van der Waals surface area (Å²) in [4.78, 5) is 25.6. The number of rotatable bonds is 59. The molecule has 3 unspecified atom stereocenters. The third-order valence-corrected chi connectivity index (χ3v) is 15.1. The van der Waals surface area contributed by atoms with E-state index in [0.717, 1.165) is 128 Å². The molecule has 0 aliphatic heterocycles. The Morgan fingerprint density at radius 2 is 0.744 bits per heavy atom. The number of phosphoric acid groups is 1. The molecule has 0 bridgehead atoms. The third-order valence-electron chi connectivity index (χ3n) is 14.1. The van der Waals surface area contributed by atoms with Crippen LogP contribution in [0.3, 0.4) is 0 Å². The van der Waals surface area contributed by atoms with Gasteiger partial charge in [-0.15, -0.1) is 0 Å². The molecule has 0 fully saturated rings. The van der Waals surface area contributed by atoms with Gasteiger partial charge in [-0.25, -0.2) is 0 Å². The fourth-order valence-electron chi connectivity index (χ4n) is 8.96. The average Bonchev–Trinajstić information content (AvgIpc) is 3.47. The van der Waals surface area contributed by atoms with Crippen molar-refractivity contribution in [1.82, 2.24) is 5.32 Å². The third kappa shape index (κ3) is 64.0. The van der Waals surface area contributed by atoms with E-state index in [1.807, 2.05) is 21.1 Å². The standard InChI is InChI=1S/C73H125N2O6P/c1-6-8-10-12-14-16-18-20-22-24-26-27-28-29-30-31-32-33-34-35-36-37-38-39-40-41-42-43-44-45-46-47-49-51-53-55-57-59-61-63-65-67-73(77)74-71(70-81-82(78,79)80-69-68-75(3,4)5)72(76)66-64-62-60-58-56-54-52-50-48-25-23-21-19-17-15-13-11-9-7-2/h8,10,14,16,20,22,26-27,29-30,32-33,35-36,38-39,41-42,44-45,47,49,53,55,71-72,76H,6-7,9,11-13,15,17-19,21,23-25,28,31,34,37,40,43,46,48,50-52,54,56-70H2,1-5H3,(H-,74,77,78,79)/b10-8-,16-14-,22-20-,27-26-,30-29-,33-32-,36-35-,39-38-,42-41-,45-44-,49-47-,55-53-. The molecule has 0 aromatic carbocycles. The van der Waals surface area contributed by atoms with Crippen LogP contribution in [-0.4, -0.2) is 68.5 Å². The highest BCUT2D eigenvalue weighted by Crippen LogP contribution is 2.38. The molecule has 468 valence electrons. The van der Waals surface area contributed by atoms with Gasteiger partial charge in [0.1, 0.15) is 13.2 Å². The molecule has 8 nitrogen and oxygen atoms in total. The van der Waals surface area contributed by atoms with Gasteiger partial charge in [0.25, 0.3) is 7.82 Å². The maximum Gasteiger partial charge on any atom is 0.268 e. The lowest BCUT2D eigenvalue weighted by molar-refractivity contribution is -0.870. The minimum atomic E-state index is -4.59. The van der Waals surface area contributed by atoms with Gasteiger partial charge < -0.3 is 28.8 Å². The van der Waals surface area contributed by atoms with Gasteiger partial charge in [0.05, 0.1) is 39.9 Å². The van der Waals surface area contributed by atoms with Gasteiger partial charge in [0.15, 0.2) is 0 Å². The largest absolute Gasteiger partial charge is 0.756 e. The molecule has 0 heterocycles. The van der Waals surface area contributed by atoms with E-state index in [-0.39, 0.29) is 19.1 Å². The second-order valence-corrected chi connectivity index (χ2v) is 24.5. The molecule has 0 saturated heterocycles. The normalized spacial score (nSPS) is 14.7.